The molecule has 3 aromatic carbocycles. The fourth-order valence-electron chi connectivity index (χ4n) is 5.36. The number of allylic oxidation sites excluding steroid dienone is 1. The van der Waals surface area contributed by atoms with Gasteiger partial charge in [0.2, 0.25) is 5.91 Å². The number of alkyl halides is 3. The van der Waals surface area contributed by atoms with Crippen LogP contribution < -0.4 is 9.04 Å². The van der Waals surface area contributed by atoms with E-state index in [4.69, 9.17) is 16.3 Å². The molecular formula is C31H29ClF4N2O4S. The van der Waals surface area contributed by atoms with Gasteiger partial charge in [0.05, 0.1) is 27.7 Å². The van der Waals surface area contributed by atoms with Crippen molar-refractivity contribution >= 4 is 44.9 Å². The van der Waals surface area contributed by atoms with Crippen LogP contribution in [0.4, 0.5) is 23.2 Å². The maximum absolute atomic E-state index is 14.5. The van der Waals surface area contributed by atoms with Crippen molar-refractivity contribution in [3.63, 3.8) is 0 Å². The number of hydrogen-bond acceptors (Lipinski definition) is 4. The van der Waals surface area contributed by atoms with Crippen molar-refractivity contribution < 1.29 is 35.5 Å². The highest BCUT2D eigenvalue weighted by Crippen LogP contribution is 2.40. The topological polar surface area (TPSA) is 66.9 Å². The third-order valence-electron chi connectivity index (χ3n) is 7.54. The number of rotatable bonds is 7. The van der Waals surface area contributed by atoms with Crippen LogP contribution in [0.5, 0.6) is 5.75 Å². The van der Waals surface area contributed by atoms with E-state index >= 15 is 0 Å². The van der Waals surface area contributed by atoms with Crippen LogP contribution in [0.3, 0.4) is 0 Å². The van der Waals surface area contributed by atoms with Crippen molar-refractivity contribution in [2.45, 2.75) is 49.8 Å². The summed E-state index contributed by atoms with van der Waals surface area (Å²) in [4.78, 5) is 13.9. The fraction of sp³-hybridized carbons (Fsp3) is 0.323. The summed E-state index contributed by atoms with van der Waals surface area (Å²) in [5, 5.41) is 0.204. The molecule has 6 nitrogen and oxygen atoms in total. The van der Waals surface area contributed by atoms with E-state index in [1.807, 2.05) is 0 Å². The van der Waals surface area contributed by atoms with Crippen LogP contribution >= 0.6 is 11.6 Å². The molecule has 1 atom stereocenters. The number of amides is 1. The van der Waals surface area contributed by atoms with Gasteiger partial charge in [0, 0.05) is 25.1 Å². The molecule has 2 aliphatic rings. The first-order valence-electron chi connectivity index (χ1n) is 13.8. The first-order valence-corrected chi connectivity index (χ1v) is 15.6. The molecule has 43 heavy (non-hydrogen) atoms. The minimum Gasteiger partial charge on any atom is -0.486 e. The fourth-order valence-corrected chi connectivity index (χ4v) is 7.22. The summed E-state index contributed by atoms with van der Waals surface area (Å²) < 4.78 is 89.9. The van der Waals surface area contributed by atoms with E-state index in [-0.39, 0.29) is 47.3 Å². The van der Waals surface area contributed by atoms with Crippen molar-refractivity contribution in [2.24, 2.45) is 0 Å². The number of nitrogens with zero attached hydrogens (tertiary/aromatic N) is 2. The van der Waals surface area contributed by atoms with Crippen LogP contribution in [0.2, 0.25) is 5.02 Å². The number of ether oxygens (including phenoxy) is 1. The zero-order valence-electron chi connectivity index (χ0n) is 23.2. The van der Waals surface area contributed by atoms with Crippen molar-refractivity contribution in [3.05, 3.63) is 88.2 Å². The molecule has 1 amide bonds. The number of hydrogen-bond donors (Lipinski definition) is 0. The Kier molecular flexibility index (Phi) is 8.76. The molecule has 1 saturated heterocycles. The average molecular weight is 637 g/mol. The molecule has 0 bridgehead atoms. The van der Waals surface area contributed by atoms with Gasteiger partial charge in [-0.25, -0.2) is 12.8 Å². The molecule has 2 aliphatic heterocycles. The van der Waals surface area contributed by atoms with E-state index in [1.54, 1.807) is 36.1 Å². The molecular weight excluding hydrogens is 608 g/mol. The second-order valence-electron chi connectivity index (χ2n) is 10.6. The van der Waals surface area contributed by atoms with Crippen molar-refractivity contribution in [3.8, 4) is 5.75 Å². The number of sulfonamides is 1. The first-order chi connectivity index (χ1) is 20.3. The molecule has 228 valence electrons. The first kappa shape index (κ1) is 30.9. The minimum atomic E-state index is -4.74. The lowest BCUT2D eigenvalue weighted by Crippen LogP contribution is -2.44. The standard InChI is InChI=1S/C31H29ClF4N2O4S/c1-20(30-25(32)8-5-9-26(30)33)16-21-10-12-28-27(17-21)38(19-23(42-28)11-13-29(39)37-14-2-3-15-37)43(40,41)24-7-4-6-22(18-24)31(34,35)36/h4-10,12,16-18,23H,2-3,11,13-15,19H2,1H3/b20-16+/t23-/m0/s1. The molecule has 0 N–H and O–H groups in total. The maximum atomic E-state index is 14.5. The van der Waals surface area contributed by atoms with Gasteiger partial charge >= 0.3 is 6.18 Å². The predicted octanol–water partition coefficient (Wildman–Crippen LogP) is 7.42. The molecule has 0 aromatic heterocycles. The molecule has 3 aromatic rings. The van der Waals surface area contributed by atoms with E-state index in [9.17, 15) is 30.8 Å². The van der Waals surface area contributed by atoms with E-state index in [0.717, 1.165) is 35.3 Å². The second-order valence-corrected chi connectivity index (χ2v) is 12.8. The molecule has 0 aliphatic carbocycles. The van der Waals surface area contributed by atoms with Crippen LogP contribution in [0, 0.1) is 5.82 Å². The van der Waals surface area contributed by atoms with Gasteiger partial charge in [-0.3, -0.25) is 9.10 Å². The number of carbonyl (C=O) groups is 1. The van der Waals surface area contributed by atoms with Gasteiger partial charge in [0.1, 0.15) is 17.7 Å². The van der Waals surface area contributed by atoms with Gasteiger partial charge in [-0.05, 0) is 79.8 Å². The normalized spacial score (nSPS) is 17.5. The van der Waals surface area contributed by atoms with Gasteiger partial charge in [-0.15, -0.1) is 0 Å². The number of carbonyl (C=O) groups excluding carboxylic acids is 1. The number of fused-ring (bicyclic) bond motifs is 1. The Morgan fingerprint density at radius 2 is 1.79 bits per heavy atom. The summed E-state index contributed by atoms with van der Waals surface area (Å²) in [5.41, 5.74) is 0.176. The number of halogens is 5. The van der Waals surface area contributed by atoms with Crippen LogP contribution in [0.25, 0.3) is 11.6 Å². The van der Waals surface area contributed by atoms with Crippen molar-refractivity contribution in [2.75, 3.05) is 23.9 Å². The lowest BCUT2D eigenvalue weighted by atomic mass is 10.0. The Labute approximate surface area is 252 Å². The van der Waals surface area contributed by atoms with Gasteiger partial charge in [0.25, 0.3) is 10.0 Å². The van der Waals surface area contributed by atoms with Gasteiger partial charge < -0.3 is 9.64 Å². The average Bonchev–Trinajstić information content (AvgIpc) is 3.50. The third-order valence-corrected chi connectivity index (χ3v) is 9.63. The van der Waals surface area contributed by atoms with E-state index in [2.05, 4.69) is 0 Å². The third kappa shape index (κ3) is 6.67. The lowest BCUT2D eigenvalue weighted by molar-refractivity contribution is -0.137. The molecule has 5 rings (SSSR count). The highest BCUT2D eigenvalue weighted by molar-refractivity contribution is 7.92. The number of benzene rings is 3. The van der Waals surface area contributed by atoms with Gasteiger partial charge in [0.15, 0.2) is 0 Å². The molecule has 12 heteroatoms. The van der Waals surface area contributed by atoms with Crippen LogP contribution in [-0.4, -0.2) is 45.0 Å². The lowest BCUT2D eigenvalue weighted by Gasteiger charge is -2.36. The summed E-state index contributed by atoms with van der Waals surface area (Å²) in [5.74, 6) is -0.385. The van der Waals surface area contributed by atoms with Crippen LogP contribution in [-0.2, 0) is 21.0 Å². The molecule has 0 radical (unpaired) electrons. The summed E-state index contributed by atoms with van der Waals surface area (Å²) in [6.07, 6.45) is -1.61. The van der Waals surface area contributed by atoms with E-state index < -0.39 is 38.6 Å². The summed E-state index contributed by atoms with van der Waals surface area (Å²) in [7, 11) is -4.50. The number of likely N-dealkylation sites (tertiary alicyclic amines) is 1. The Balaban J connectivity index is 1.52. The highest BCUT2D eigenvalue weighted by atomic mass is 35.5. The summed E-state index contributed by atoms with van der Waals surface area (Å²) in [6, 6.07) is 12.6. The van der Waals surface area contributed by atoms with Gasteiger partial charge in [-0.2, -0.15) is 13.2 Å². The van der Waals surface area contributed by atoms with Crippen molar-refractivity contribution in [1.82, 2.24) is 4.90 Å². The Hall–Kier alpha value is -3.57. The van der Waals surface area contributed by atoms with Crippen LogP contribution in [0.15, 0.2) is 65.6 Å². The van der Waals surface area contributed by atoms with E-state index in [0.29, 0.717) is 30.3 Å². The van der Waals surface area contributed by atoms with Crippen LogP contribution in [0.1, 0.15) is 49.3 Å². The molecule has 0 saturated carbocycles. The van der Waals surface area contributed by atoms with E-state index in [1.165, 1.54) is 18.2 Å². The van der Waals surface area contributed by atoms with Gasteiger partial charge in [-0.1, -0.05) is 35.9 Å². The SMILES string of the molecule is C/C(=C\c1ccc2c(c1)N(S(=O)(=O)c1cccc(C(F)(F)F)c1)C[C@H](CCC(=O)N1CCCC1)O2)c1c(F)cccc1Cl. The second kappa shape index (κ2) is 12.2. The molecule has 0 spiro atoms. The molecule has 0 unspecified atom stereocenters. The molecule has 2 heterocycles. The Morgan fingerprint density at radius 3 is 2.49 bits per heavy atom. The Bertz CT molecular complexity index is 1650. The smallest absolute Gasteiger partial charge is 0.416 e. The monoisotopic (exact) mass is 636 g/mol. The predicted molar refractivity (Wildman–Crippen MR) is 157 cm³/mol. The summed E-state index contributed by atoms with van der Waals surface area (Å²) in [6.45, 7) is 2.79. The van der Waals surface area contributed by atoms with Crippen molar-refractivity contribution in [1.29, 1.82) is 0 Å². The zero-order chi connectivity index (χ0) is 30.9. The zero-order valence-corrected chi connectivity index (χ0v) is 24.8. The largest absolute Gasteiger partial charge is 0.486 e. The maximum Gasteiger partial charge on any atom is 0.416 e. The minimum absolute atomic E-state index is 0.0538. The highest BCUT2D eigenvalue weighted by Gasteiger charge is 2.37. The quantitative estimate of drug-likeness (QED) is 0.200. The molecule has 1 fully saturated rings. The number of anilines is 1. The summed E-state index contributed by atoms with van der Waals surface area (Å²) >= 11 is 6.22. The Morgan fingerprint density at radius 1 is 1.07 bits per heavy atom.